The highest BCUT2D eigenvalue weighted by atomic mass is 35.5. The molecule has 0 bridgehead atoms. The number of hydrogen-bond acceptors (Lipinski definition) is 6. The Hall–Kier alpha value is -4.53. The lowest BCUT2D eigenvalue weighted by Crippen LogP contribution is -2.14. The van der Waals surface area contributed by atoms with Crippen molar-refractivity contribution in [2.45, 2.75) is 6.54 Å². The van der Waals surface area contributed by atoms with Gasteiger partial charge < -0.3 is 4.74 Å². The zero-order chi connectivity index (χ0) is 26.9. The van der Waals surface area contributed by atoms with E-state index in [0.29, 0.717) is 23.6 Å². The quantitative estimate of drug-likeness (QED) is 0.236. The molecule has 39 heavy (non-hydrogen) atoms. The molecule has 0 saturated heterocycles. The minimum Gasteiger partial charge on any atom is -0.497 e. The lowest BCUT2D eigenvalue weighted by molar-refractivity contribution is 0.0951. The van der Waals surface area contributed by atoms with E-state index in [0.717, 1.165) is 27.8 Å². The Morgan fingerprint density at radius 2 is 1.54 bits per heavy atom. The number of halogens is 2. The molecule has 0 spiro atoms. The predicted octanol–water partition coefficient (Wildman–Crippen LogP) is 6.41. The Labute approximate surface area is 233 Å². The third kappa shape index (κ3) is 4.65. The van der Waals surface area contributed by atoms with Crippen LogP contribution in [-0.2, 0) is 6.54 Å². The van der Waals surface area contributed by atoms with E-state index in [1.807, 2.05) is 72.8 Å². The van der Waals surface area contributed by atoms with Crippen LogP contribution in [0.1, 0.15) is 15.9 Å². The van der Waals surface area contributed by atoms with Crippen molar-refractivity contribution in [2.24, 2.45) is 0 Å². The van der Waals surface area contributed by atoms with Crippen LogP contribution in [-0.4, -0.2) is 43.0 Å². The van der Waals surface area contributed by atoms with Crippen LogP contribution in [0.25, 0.3) is 33.5 Å². The number of carbonyl (C=O) groups excluding carboxylic acids is 1. The first-order chi connectivity index (χ1) is 19.0. The van der Waals surface area contributed by atoms with Gasteiger partial charge in [0.1, 0.15) is 11.4 Å². The zero-order valence-electron chi connectivity index (χ0n) is 20.6. The zero-order valence-corrected chi connectivity index (χ0v) is 22.1. The highest BCUT2D eigenvalue weighted by Crippen LogP contribution is 2.32. The van der Waals surface area contributed by atoms with Crippen LogP contribution in [0, 0.1) is 0 Å². The molecule has 0 atom stereocenters. The first kappa shape index (κ1) is 24.8. The van der Waals surface area contributed by atoms with E-state index in [-0.39, 0.29) is 15.6 Å². The first-order valence-electron chi connectivity index (χ1n) is 12.0. The van der Waals surface area contributed by atoms with Crippen LogP contribution >= 0.6 is 23.2 Å². The molecular weight excluding hydrogens is 535 g/mol. The Bertz CT molecular complexity index is 1790. The van der Waals surface area contributed by atoms with E-state index in [2.05, 4.69) is 15.5 Å². The molecular formula is C29H20Cl2N6O2. The van der Waals surface area contributed by atoms with Crippen molar-refractivity contribution in [1.82, 2.24) is 30.0 Å². The number of methoxy groups -OCH3 is 1. The van der Waals surface area contributed by atoms with Gasteiger partial charge in [-0.1, -0.05) is 83.9 Å². The number of hydrogen-bond donors (Lipinski definition) is 0. The molecule has 0 saturated carbocycles. The largest absolute Gasteiger partial charge is 0.497 e. The van der Waals surface area contributed by atoms with Gasteiger partial charge in [0.25, 0.3) is 5.91 Å². The lowest BCUT2D eigenvalue weighted by atomic mass is 10.1. The fourth-order valence-electron chi connectivity index (χ4n) is 4.44. The van der Waals surface area contributed by atoms with Gasteiger partial charge in [0, 0.05) is 16.5 Å². The van der Waals surface area contributed by atoms with Crippen LogP contribution < -0.4 is 4.74 Å². The van der Waals surface area contributed by atoms with Crippen molar-refractivity contribution < 1.29 is 9.53 Å². The van der Waals surface area contributed by atoms with Crippen LogP contribution in [0.15, 0.2) is 91.0 Å². The summed E-state index contributed by atoms with van der Waals surface area (Å²) in [6, 6.07) is 28.0. The lowest BCUT2D eigenvalue weighted by Gasteiger charge is -2.07. The number of nitrogens with zero attached hydrogens (tertiary/aromatic N) is 6. The maximum absolute atomic E-state index is 13.5. The Morgan fingerprint density at radius 3 is 2.26 bits per heavy atom. The van der Waals surface area contributed by atoms with E-state index in [4.69, 9.17) is 33.0 Å². The average molecular weight is 555 g/mol. The molecule has 0 unspecified atom stereocenters. The minimum atomic E-state index is -0.401. The third-order valence-electron chi connectivity index (χ3n) is 6.40. The van der Waals surface area contributed by atoms with Crippen molar-refractivity contribution in [3.8, 4) is 28.4 Å². The van der Waals surface area contributed by atoms with Gasteiger partial charge in [-0.2, -0.15) is 9.78 Å². The fraction of sp³-hybridized carbons (Fsp3) is 0.0690. The number of aromatic nitrogens is 6. The van der Waals surface area contributed by atoms with Crippen LogP contribution in [0.3, 0.4) is 0 Å². The van der Waals surface area contributed by atoms with E-state index >= 15 is 0 Å². The molecule has 2 aromatic heterocycles. The van der Waals surface area contributed by atoms with Gasteiger partial charge in [0.15, 0.2) is 5.82 Å². The van der Waals surface area contributed by atoms with Gasteiger partial charge >= 0.3 is 0 Å². The fourth-order valence-corrected chi connectivity index (χ4v) is 5.00. The molecule has 0 amide bonds. The number of rotatable bonds is 6. The molecule has 0 radical (unpaired) electrons. The SMILES string of the molecule is COc1ccc(Cn2nnnc2-c2ccc(-c3nn(C(=O)c4c(Cl)cccc4Cl)c4ccccc34)cc2)cc1. The number of fused-ring (bicyclic) bond motifs is 1. The summed E-state index contributed by atoms with van der Waals surface area (Å²) >= 11 is 12.6. The Balaban J connectivity index is 1.34. The van der Waals surface area contributed by atoms with Crippen molar-refractivity contribution >= 4 is 40.0 Å². The smallest absolute Gasteiger partial charge is 0.281 e. The average Bonchev–Trinajstić information content (AvgIpc) is 3.58. The third-order valence-corrected chi connectivity index (χ3v) is 7.03. The first-order valence-corrected chi connectivity index (χ1v) is 12.8. The second-order valence-electron chi connectivity index (χ2n) is 8.76. The Morgan fingerprint density at radius 1 is 0.846 bits per heavy atom. The van der Waals surface area contributed by atoms with E-state index < -0.39 is 5.91 Å². The summed E-state index contributed by atoms with van der Waals surface area (Å²) in [5.74, 6) is 1.02. The van der Waals surface area contributed by atoms with Crippen LogP contribution in [0.5, 0.6) is 5.75 Å². The van der Waals surface area contributed by atoms with E-state index in [1.165, 1.54) is 4.68 Å². The molecule has 2 heterocycles. The van der Waals surface area contributed by atoms with Gasteiger partial charge in [-0.15, -0.1) is 5.10 Å². The second kappa shape index (κ2) is 10.3. The summed E-state index contributed by atoms with van der Waals surface area (Å²) in [5, 5.41) is 18.3. The predicted molar refractivity (Wildman–Crippen MR) is 150 cm³/mol. The van der Waals surface area contributed by atoms with Crippen molar-refractivity contribution in [1.29, 1.82) is 0 Å². The number of para-hydroxylation sites is 1. The second-order valence-corrected chi connectivity index (χ2v) is 9.58. The molecule has 8 nitrogen and oxygen atoms in total. The summed E-state index contributed by atoms with van der Waals surface area (Å²) in [4.78, 5) is 13.5. The summed E-state index contributed by atoms with van der Waals surface area (Å²) in [6.45, 7) is 0.510. The molecule has 0 fully saturated rings. The van der Waals surface area contributed by atoms with Crippen LogP contribution in [0.4, 0.5) is 0 Å². The summed E-state index contributed by atoms with van der Waals surface area (Å²) in [5.41, 5.74) is 4.24. The monoisotopic (exact) mass is 554 g/mol. The standard InChI is InChI=1S/C29H20Cl2N6O2/c1-39-21-15-9-18(10-16-21)17-36-28(32-34-35-36)20-13-11-19(12-14-20)27-22-5-2-3-8-25(22)37(33-27)29(38)26-23(30)6-4-7-24(26)31/h2-16H,17H2,1H3. The van der Waals surface area contributed by atoms with Gasteiger partial charge in [-0.3, -0.25) is 4.79 Å². The summed E-state index contributed by atoms with van der Waals surface area (Å²) < 4.78 is 8.33. The number of tetrazole rings is 1. The topological polar surface area (TPSA) is 87.7 Å². The number of ether oxygens (including phenoxy) is 1. The maximum atomic E-state index is 13.5. The molecule has 192 valence electrons. The number of benzene rings is 4. The highest BCUT2D eigenvalue weighted by Gasteiger charge is 2.22. The molecule has 4 aromatic carbocycles. The molecule has 0 aliphatic heterocycles. The maximum Gasteiger partial charge on any atom is 0.281 e. The molecule has 10 heteroatoms. The van der Waals surface area contributed by atoms with E-state index in [9.17, 15) is 4.79 Å². The number of carbonyl (C=O) groups is 1. The summed E-state index contributed by atoms with van der Waals surface area (Å²) in [6.07, 6.45) is 0. The van der Waals surface area contributed by atoms with Crippen molar-refractivity contribution in [3.05, 3.63) is 112 Å². The van der Waals surface area contributed by atoms with Crippen LogP contribution in [0.2, 0.25) is 10.0 Å². The molecule has 0 N–H and O–H groups in total. The highest BCUT2D eigenvalue weighted by molar-refractivity contribution is 6.40. The van der Waals surface area contributed by atoms with Crippen molar-refractivity contribution in [3.63, 3.8) is 0 Å². The molecule has 6 rings (SSSR count). The summed E-state index contributed by atoms with van der Waals surface area (Å²) in [7, 11) is 1.64. The van der Waals surface area contributed by atoms with Crippen molar-refractivity contribution in [2.75, 3.05) is 7.11 Å². The minimum absolute atomic E-state index is 0.208. The Kier molecular flexibility index (Phi) is 6.56. The molecule has 0 aliphatic carbocycles. The van der Waals surface area contributed by atoms with Gasteiger partial charge in [-0.05, 0) is 46.3 Å². The molecule has 6 aromatic rings. The normalized spacial score (nSPS) is 11.2. The van der Waals surface area contributed by atoms with Gasteiger partial charge in [0.05, 0.1) is 34.8 Å². The van der Waals surface area contributed by atoms with Gasteiger partial charge in [-0.25, -0.2) is 4.68 Å². The van der Waals surface area contributed by atoms with Gasteiger partial charge in [0.2, 0.25) is 0 Å². The van der Waals surface area contributed by atoms with E-state index in [1.54, 1.807) is 30.0 Å². The molecule has 0 aliphatic rings.